The highest BCUT2D eigenvalue weighted by Crippen LogP contribution is 2.44. The number of nitro benzene ring substituents is 1. The van der Waals surface area contributed by atoms with Crippen LogP contribution >= 0.6 is 0 Å². The number of nitriles is 1. The second-order valence-corrected chi connectivity index (χ2v) is 15.1. The fourth-order valence-electron chi connectivity index (χ4n) is 4.23. The van der Waals surface area contributed by atoms with Gasteiger partial charge in [0.2, 0.25) is 0 Å². The van der Waals surface area contributed by atoms with Crippen LogP contribution in [0.1, 0.15) is 51.7 Å². The summed E-state index contributed by atoms with van der Waals surface area (Å²) in [5.74, 6) is -1.04. The molecule has 0 aromatic heterocycles. The first kappa shape index (κ1) is 30.8. The molecule has 0 saturated heterocycles. The largest absolute Gasteiger partial charge is 0.598 e. The first-order valence-corrected chi connectivity index (χ1v) is 14.9. The molecule has 10 nitrogen and oxygen atoms in total. The summed E-state index contributed by atoms with van der Waals surface area (Å²) >= 11 is -1.88. The Kier molecular flexibility index (Phi) is 8.98. The van der Waals surface area contributed by atoms with Crippen molar-refractivity contribution < 1.29 is 31.8 Å². The number of halogens is 1. The molecule has 2 atom stereocenters. The number of nitro groups is 1. The summed E-state index contributed by atoms with van der Waals surface area (Å²) in [6.45, 7) is 6.45. The van der Waals surface area contributed by atoms with Gasteiger partial charge in [0, 0.05) is 41.9 Å². The molecule has 0 radical (unpaired) electrons. The minimum atomic E-state index is -4.30. The van der Waals surface area contributed by atoms with E-state index in [1.807, 2.05) is 18.2 Å². The van der Waals surface area contributed by atoms with Crippen molar-refractivity contribution in [3.8, 4) is 11.8 Å². The highest BCUT2D eigenvalue weighted by Gasteiger charge is 2.58. The van der Waals surface area contributed by atoms with Crippen LogP contribution in [0.25, 0.3) is 0 Å². The summed E-state index contributed by atoms with van der Waals surface area (Å²) in [6, 6.07) is 11.8. The Morgan fingerprint density at radius 1 is 1.21 bits per heavy atom. The lowest BCUT2D eigenvalue weighted by Gasteiger charge is -2.43. The molecule has 1 aliphatic carbocycles. The van der Waals surface area contributed by atoms with E-state index in [1.165, 1.54) is 6.92 Å². The minimum Gasteiger partial charge on any atom is -0.598 e. The van der Waals surface area contributed by atoms with Crippen LogP contribution in [0.3, 0.4) is 0 Å². The van der Waals surface area contributed by atoms with Gasteiger partial charge in [-0.3, -0.25) is 10.1 Å². The van der Waals surface area contributed by atoms with Crippen molar-refractivity contribution in [1.29, 1.82) is 5.26 Å². The number of sulfone groups is 1. The Hall–Kier alpha value is -2.76. The van der Waals surface area contributed by atoms with E-state index in [9.17, 15) is 28.3 Å². The van der Waals surface area contributed by atoms with E-state index in [-0.39, 0.29) is 25.0 Å². The highest BCUT2D eigenvalue weighted by atomic mass is 32.2. The number of rotatable bonds is 11. The van der Waals surface area contributed by atoms with Crippen LogP contribution in [-0.4, -0.2) is 46.4 Å². The fourth-order valence-corrected chi connectivity index (χ4v) is 7.50. The average molecular weight is 582 g/mol. The van der Waals surface area contributed by atoms with Gasteiger partial charge in [-0.1, -0.05) is 12.1 Å². The van der Waals surface area contributed by atoms with Crippen LogP contribution in [0.2, 0.25) is 0 Å². The summed E-state index contributed by atoms with van der Waals surface area (Å²) in [5, 5.41) is 21.3. The number of nitrogens with zero attached hydrogens (tertiary/aromatic N) is 2. The van der Waals surface area contributed by atoms with Crippen LogP contribution in [0, 0.1) is 27.3 Å². The highest BCUT2D eigenvalue weighted by molar-refractivity contribution is 7.93. The van der Waals surface area contributed by atoms with Gasteiger partial charge in [0.25, 0.3) is 5.69 Å². The van der Waals surface area contributed by atoms with E-state index in [1.54, 1.807) is 40.0 Å². The number of non-ortho nitro benzene ring substituents is 1. The second-order valence-electron chi connectivity index (χ2n) is 10.8. The van der Waals surface area contributed by atoms with Crippen LogP contribution in [0.15, 0.2) is 42.5 Å². The van der Waals surface area contributed by atoms with Gasteiger partial charge in [-0.15, -0.1) is 4.72 Å². The lowest BCUT2D eigenvalue weighted by atomic mass is 9.82. The Morgan fingerprint density at radius 2 is 1.82 bits per heavy atom. The molecule has 1 aliphatic rings. The molecule has 39 heavy (non-hydrogen) atoms. The standard InChI is InChI=1S/C26H32FN3O7S2/c1-24(2,3)38(33)29-25(4,22-12-19(30(31)32)8-11-23(22)27)17-39(34,35)26(16-28)13-21(14-26)37-15-18-6-9-20(36-5)10-7-18/h6-12,21,29H,13-15,17H2,1-5H3/t21?,25-,26?,38?/m0/s1. The summed E-state index contributed by atoms with van der Waals surface area (Å²) in [5.41, 5.74) is -1.80. The lowest BCUT2D eigenvalue weighted by molar-refractivity contribution is -0.385. The molecule has 0 aliphatic heterocycles. The Morgan fingerprint density at radius 3 is 2.33 bits per heavy atom. The van der Waals surface area contributed by atoms with Gasteiger partial charge in [-0.05, 0) is 51.5 Å². The molecule has 13 heteroatoms. The topological polar surface area (TPSA) is 155 Å². The van der Waals surface area contributed by atoms with E-state index in [0.717, 1.165) is 23.8 Å². The number of ether oxygens (including phenoxy) is 2. The molecule has 0 heterocycles. The molecule has 2 aromatic carbocycles. The second kappa shape index (κ2) is 11.4. The molecule has 2 aromatic rings. The smallest absolute Gasteiger partial charge is 0.269 e. The van der Waals surface area contributed by atoms with Crippen LogP contribution in [0.5, 0.6) is 5.75 Å². The molecule has 1 unspecified atom stereocenters. The molecule has 212 valence electrons. The van der Waals surface area contributed by atoms with Crippen molar-refractivity contribution in [3.05, 3.63) is 69.5 Å². The van der Waals surface area contributed by atoms with Crippen LogP contribution in [0.4, 0.5) is 10.1 Å². The molecular formula is C26H32FN3O7S2. The molecule has 1 fully saturated rings. The Balaban J connectivity index is 1.86. The number of nitrogens with one attached hydrogen (secondary N) is 1. The maximum absolute atomic E-state index is 15.0. The van der Waals surface area contributed by atoms with Gasteiger partial charge in [0.05, 0.1) is 36.6 Å². The van der Waals surface area contributed by atoms with Crippen molar-refractivity contribution in [2.24, 2.45) is 0 Å². The Bertz CT molecular complexity index is 1350. The normalized spacial score (nSPS) is 21.7. The number of hydrogen-bond donors (Lipinski definition) is 1. The third-order valence-corrected chi connectivity index (χ3v) is 11.0. The van der Waals surface area contributed by atoms with E-state index < -0.39 is 64.5 Å². The summed E-state index contributed by atoms with van der Waals surface area (Å²) < 4.78 is 66.5. The van der Waals surface area contributed by atoms with Crippen LogP contribution in [-0.2, 0) is 38.1 Å². The monoisotopic (exact) mass is 581 g/mol. The van der Waals surface area contributed by atoms with Gasteiger partial charge in [0.15, 0.2) is 14.6 Å². The zero-order chi connectivity index (χ0) is 29.2. The van der Waals surface area contributed by atoms with E-state index in [0.29, 0.717) is 5.75 Å². The first-order chi connectivity index (χ1) is 18.1. The molecule has 3 rings (SSSR count). The number of benzene rings is 2. The molecule has 0 amide bonds. The van der Waals surface area contributed by atoms with Gasteiger partial charge in [-0.2, -0.15) is 5.26 Å². The SMILES string of the molecule is COc1ccc(COC2CC(C#N)(S(=O)(=O)C[C@](C)(N[S+]([O-])C(C)(C)C)c3cc([N+](=O)[O-])ccc3F)C2)cc1. The quantitative estimate of drug-likeness (QED) is 0.235. The minimum absolute atomic E-state index is 0.0994. The zero-order valence-electron chi connectivity index (χ0n) is 22.4. The third-order valence-electron chi connectivity index (χ3n) is 6.67. The molecule has 0 bridgehead atoms. The molecule has 1 saturated carbocycles. The van der Waals surface area contributed by atoms with Gasteiger partial charge >= 0.3 is 0 Å². The van der Waals surface area contributed by atoms with E-state index in [4.69, 9.17) is 9.47 Å². The molecule has 1 N–H and O–H groups in total. The summed E-state index contributed by atoms with van der Waals surface area (Å²) in [6.07, 6.45) is -0.700. The zero-order valence-corrected chi connectivity index (χ0v) is 24.0. The van der Waals surface area contributed by atoms with Gasteiger partial charge < -0.3 is 14.0 Å². The van der Waals surface area contributed by atoms with Crippen molar-refractivity contribution >= 4 is 26.9 Å². The lowest BCUT2D eigenvalue weighted by Crippen LogP contribution is -2.59. The predicted molar refractivity (Wildman–Crippen MR) is 144 cm³/mol. The Labute approximate surface area is 230 Å². The number of hydrogen-bond acceptors (Lipinski definition) is 9. The van der Waals surface area contributed by atoms with Crippen molar-refractivity contribution in [2.45, 2.75) is 68.3 Å². The fraction of sp³-hybridized carbons (Fsp3) is 0.500. The van der Waals surface area contributed by atoms with E-state index >= 15 is 4.39 Å². The van der Waals surface area contributed by atoms with Crippen molar-refractivity contribution in [1.82, 2.24) is 4.72 Å². The maximum Gasteiger partial charge on any atom is 0.269 e. The average Bonchev–Trinajstić information content (AvgIpc) is 2.82. The predicted octanol–water partition coefficient (Wildman–Crippen LogP) is 4.07. The van der Waals surface area contributed by atoms with Gasteiger partial charge in [-0.25, -0.2) is 12.8 Å². The first-order valence-electron chi connectivity index (χ1n) is 12.1. The third kappa shape index (κ3) is 6.70. The maximum atomic E-state index is 15.0. The number of methoxy groups -OCH3 is 1. The molecule has 0 spiro atoms. The van der Waals surface area contributed by atoms with Crippen molar-refractivity contribution in [2.75, 3.05) is 12.9 Å². The van der Waals surface area contributed by atoms with Crippen molar-refractivity contribution in [3.63, 3.8) is 0 Å². The molecular weight excluding hydrogens is 549 g/mol. The summed E-state index contributed by atoms with van der Waals surface area (Å²) in [4.78, 5) is 10.6. The van der Waals surface area contributed by atoms with Gasteiger partial charge in [0.1, 0.15) is 21.9 Å². The van der Waals surface area contributed by atoms with Crippen LogP contribution < -0.4 is 9.46 Å². The summed E-state index contributed by atoms with van der Waals surface area (Å²) in [7, 11) is -2.75. The van der Waals surface area contributed by atoms with E-state index in [2.05, 4.69) is 4.72 Å².